The lowest BCUT2D eigenvalue weighted by Crippen LogP contribution is -2.52. The molecular weight excluding hydrogens is 612 g/mol. The van der Waals surface area contributed by atoms with Crippen LogP contribution in [0.15, 0.2) is 78.9 Å². The van der Waals surface area contributed by atoms with E-state index >= 15 is 0 Å². The van der Waals surface area contributed by atoms with Gasteiger partial charge in [-0.3, -0.25) is 29.5 Å². The predicted molar refractivity (Wildman–Crippen MR) is 192 cm³/mol. The standard InChI is InChI=1S/C27H32N4O3.C13H20N2/c1-18-23(8-5-13-30(18)16-19-6-3-2-4-7-19)28-15-20-9-10-22-21(14-20)17-31(27(22)34)24-11-12-25(32)29-26(24)33;1-11-13(14)8-5-9-15(11)10-12-6-3-2-4-7-12/h2-4,6-7,9-10,14,18,23-24,28H,5,8,11-13,15-17H2,1H3,(H,29,32,33);2-4,6-7,11,13H,5,8-10,14H2,1H3/t18-,23-,24?;11-,13-/m11/s1. The van der Waals surface area contributed by atoms with Gasteiger partial charge in [-0.1, -0.05) is 72.8 Å². The lowest BCUT2D eigenvalue weighted by molar-refractivity contribution is -0.136. The third-order valence-corrected chi connectivity index (χ3v) is 10.9. The molecule has 9 heteroatoms. The molecule has 49 heavy (non-hydrogen) atoms. The first-order valence-corrected chi connectivity index (χ1v) is 18.1. The molecule has 3 fully saturated rings. The number of nitrogens with zero attached hydrogens (tertiary/aromatic N) is 3. The first kappa shape index (κ1) is 35.0. The van der Waals surface area contributed by atoms with E-state index in [1.165, 1.54) is 36.9 Å². The fraction of sp³-hybridized carbons (Fsp3) is 0.475. The topological polar surface area (TPSA) is 111 Å². The maximum absolute atomic E-state index is 12.9. The molecule has 3 aromatic rings. The Labute approximate surface area is 291 Å². The average Bonchev–Trinajstić information content (AvgIpc) is 3.43. The fourth-order valence-corrected chi connectivity index (χ4v) is 7.80. The number of nitrogens with one attached hydrogen (secondary N) is 2. The van der Waals surface area contributed by atoms with E-state index in [1.807, 2.05) is 12.1 Å². The van der Waals surface area contributed by atoms with Crippen molar-refractivity contribution in [3.63, 3.8) is 0 Å². The highest BCUT2D eigenvalue weighted by atomic mass is 16.2. The van der Waals surface area contributed by atoms with Crippen molar-refractivity contribution in [2.75, 3.05) is 13.1 Å². The van der Waals surface area contributed by atoms with Crippen LogP contribution in [0.25, 0.3) is 0 Å². The number of fused-ring (bicyclic) bond motifs is 1. The van der Waals surface area contributed by atoms with Crippen LogP contribution in [0.2, 0.25) is 0 Å². The summed E-state index contributed by atoms with van der Waals surface area (Å²) in [7, 11) is 0. The van der Waals surface area contributed by atoms with Crippen molar-refractivity contribution in [1.29, 1.82) is 0 Å². The molecule has 4 aliphatic heterocycles. The zero-order chi connectivity index (χ0) is 34.3. The SMILES string of the molecule is C[C@@H]1[C@H](N)CCCN1Cc1ccccc1.C[C@@H]1[C@H](NCc2ccc3c(c2)CN(C2CCC(=O)NC2=O)C3=O)CCCN1Cc1ccccc1. The van der Waals surface area contributed by atoms with Crippen LogP contribution in [0.3, 0.4) is 0 Å². The van der Waals surface area contributed by atoms with Gasteiger partial charge in [-0.15, -0.1) is 0 Å². The second kappa shape index (κ2) is 16.2. The number of hydrogen-bond acceptors (Lipinski definition) is 7. The lowest BCUT2D eigenvalue weighted by atomic mass is 9.96. The molecule has 0 spiro atoms. The number of imide groups is 1. The maximum Gasteiger partial charge on any atom is 0.255 e. The molecule has 3 aromatic carbocycles. The molecule has 1 unspecified atom stereocenters. The molecule has 3 amide bonds. The van der Waals surface area contributed by atoms with Gasteiger partial charge in [-0.05, 0) is 87.4 Å². The molecule has 5 atom stereocenters. The van der Waals surface area contributed by atoms with E-state index < -0.39 is 6.04 Å². The number of piperidine rings is 3. The Morgan fingerprint density at radius 2 is 1.41 bits per heavy atom. The van der Waals surface area contributed by atoms with Gasteiger partial charge in [0.15, 0.2) is 0 Å². The van der Waals surface area contributed by atoms with Crippen molar-refractivity contribution in [3.05, 3.63) is 107 Å². The van der Waals surface area contributed by atoms with Crippen LogP contribution in [-0.2, 0) is 35.8 Å². The quantitative estimate of drug-likeness (QED) is 0.302. The van der Waals surface area contributed by atoms with E-state index in [0.717, 1.165) is 43.7 Å². The Balaban J connectivity index is 0.000000232. The summed E-state index contributed by atoms with van der Waals surface area (Å²) in [6.45, 7) is 10.0. The van der Waals surface area contributed by atoms with Gasteiger partial charge in [0, 0.05) is 62.3 Å². The minimum absolute atomic E-state index is 0.124. The highest BCUT2D eigenvalue weighted by Gasteiger charge is 2.39. The van der Waals surface area contributed by atoms with E-state index in [1.54, 1.807) is 4.90 Å². The van der Waals surface area contributed by atoms with Crippen LogP contribution in [0.1, 0.15) is 85.0 Å². The molecule has 0 aromatic heterocycles. The van der Waals surface area contributed by atoms with Crippen molar-refractivity contribution < 1.29 is 14.4 Å². The third kappa shape index (κ3) is 8.65. The van der Waals surface area contributed by atoms with Crippen LogP contribution in [0.4, 0.5) is 0 Å². The van der Waals surface area contributed by atoms with E-state index in [-0.39, 0.29) is 24.1 Å². The van der Waals surface area contributed by atoms with Gasteiger partial charge in [0.1, 0.15) is 6.04 Å². The minimum Gasteiger partial charge on any atom is -0.326 e. The Morgan fingerprint density at radius 3 is 2.06 bits per heavy atom. The van der Waals surface area contributed by atoms with E-state index in [0.29, 0.717) is 42.7 Å². The number of carbonyl (C=O) groups excluding carboxylic acids is 3. The van der Waals surface area contributed by atoms with Gasteiger partial charge in [-0.2, -0.15) is 0 Å². The van der Waals surface area contributed by atoms with Gasteiger partial charge < -0.3 is 16.0 Å². The Morgan fingerprint density at radius 1 is 0.776 bits per heavy atom. The molecule has 4 heterocycles. The van der Waals surface area contributed by atoms with Crippen molar-refractivity contribution in [2.24, 2.45) is 5.73 Å². The smallest absolute Gasteiger partial charge is 0.255 e. The van der Waals surface area contributed by atoms with Gasteiger partial charge >= 0.3 is 0 Å². The van der Waals surface area contributed by atoms with Crippen molar-refractivity contribution in [2.45, 2.75) is 109 Å². The molecule has 0 saturated carbocycles. The number of rotatable bonds is 8. The monoisotopic (exact) mass is 664 g/mol. The van der Waals surface area contributed by atoms with Gasteiger partial charge in [0.2, 0.25) is 11.8 Å². The zero-order valence-corrected chi connectivity index (χ0v) is 29.0. The van der Waals surface area contributed by atoms with Crippen molar-refractivity contribution in [1.82, 2.24) is 25.3 Å². The Bertz CT molecular complexity index is 1580. The van der Waals surface area contributed by atoms with E-state index in [2.05, 4.69) is 101 Å². The number of amides is 3. The summed E-state index contributed by atoms with van der Waals surface area (Å²) in [5, 5.41) is 6.11. The molecular formula is C40H52N6O3. The molecule has 9 nitrogen and oxygen atoms in total. The van der Waals surface area contributed by atoms with Crippen LogP contribution in [0, 0.1) is 0 Å². The number of hydrogen-bond donors (Lipinski definition) is 3. The highest BCUT2D eigenvalue weighted by Crippen LogP contribution is 2.29. The summed E-state index contributed by atoms with van der Waals surface area (Å²) in [5.41, 5.74) is 11.6. The van der Waals surface area contributed by atoms with Crippen LogP contribution < -0.4 is 16.4 Å². The largest absolute Gasteiger partial charge is 0.326 e. The van der Waals surface area contributed by atoms with E-state index in [4.69, 9.17) is 5.73 Å². The summed E-state index contributed by atoms with van der Waals surface area (Å²) in [6.07, 6.45) is 5.39. The number of likely N-dealkylation sites (tertiary alicyclic amines) is 2. The third-order valence-electron chi connectivity index (χ3n) is 10.9. The summed E-state index contributed by atoms with van der Waals surface area (Å²) >= 11 is 0. The normalized spacial score (nSPS) is 26.1. The van der Waals surface area contributed by atoms with Crippen LogP contribution in [-0.4, -0.2) is 75.7 Å². The zero-order valence-electron chi connectivity index (χ0n) is 29.0. The Kier molecular flexibility index (Phi) is 11.6. The fourth-order valence-electron chi connectivity index (χ4n) is 7.80. The number of nitrogens with two attached hydrogens (primary N) is 1. The first-order valence-electron chi connectivity index (χ1n) is 18.1. The molecule has 3 saturated heterocycles. The molecule has 0 bridgehead atoms. The van der Waals surface area contributed by atoms with Crippen molar-refractivity contribution in [3.8, 4) is 0 Å². The van der Waals surface area contributed by atoms with Gasteiger partial charge in [-0.25, -0.2) is 0 Å². The predicted octanol–water partition coefficient (Wildman–Crippen LogP) is 4.59. The first-order chi connectivity index (χ1) is 23.8. The van der Waals surface area contributed by atoms with Crippen molar-refractivity contribution >= 4 is 17.7 Å². The Hall–Kier alpha value is -3.89. The second-order valence-electron chi connectivity index (χ2n) is 14.2. The second-order valence-corrected chi connectivity index (χ2v) is 14.2. The van der Waals surface area contributed by atoms with Gasteiger partial charge in [0.25, 0.3) is 5.91 Å². The summed E-state index contributed by atoms with van der Waals surface area (Å²) < 4.78 is 0. The molecule has 260 valence electrons. The number of benzene rings is 3. The molecule has 7 rings (SSSR count). The average molecular weight is 665 g/mol. The van der Waals surface area contributed by atoms with E-state index in [9.17, 15) is 14.4 Å². The highest BCUT2D eigenvalue weighted by molar-refractivity contribution is 6.05. The molecule has 0 aliphatic carbocycles. The van der Waals surface area contributed by atoms with Crippen LogP contribution >= 0.6 is 0 Å². The summed E-state index contributed by atoms with van der Waals surface area (Å²) in [6, 6.07) is 28.4. The van der Waals surface area contributed by atoms with Gasteiger partial charge in [0.05, 0.1) is 0 Å². The minimum atomic E-state index is -0.571. The molecule has 0 radical (unpaired) electrons. The molecule has 4 aliphatic rings. The summed E-state index contributed by atoms with van der Waals surface area (Å²) in [5.74, 6) is -0.759. The lowest BCUT2D eigenvalue weighted by Gasteiger charge is -2.40. The van der Waals surface area contributed by atoms with Crippen LogP contribution in [0.5, 0.6) is 0 Å². The molecule has 4 N–H and O–H groups in total. The number of carbonyl (C=O) groups is 3. The maximum atomic E-state index is 12.9. The summed E-state index contributed by atoms with van der Waals surface area (Å²) in [4.78, 5) is 43.3.